The highest BCUT2D eigenvalue weighted by Gasteiger charge is 2.14. The van der Waals surface area contributed by atoms with E-state index in [0.29, 0.717) is 0 Å². The van der Waals surface area contributed by atoms with Crippen LogP contribution >= 0.6 is 12.4 Å². The zero-order valence-corrected chi connectivity index (χ0v) is 10.1. The van der Waals surface area contributed by atoms with Crippen LogP contribution in [0.4, 0.5) is 8.78 Å². The van der Waals surface area contributed by atoms with Crippen molar-refractivity contribution in [1.82, 2.24) is 0 Å². The molecule has 1 unspecified atom stereocenters. The molecule has 1 aromatic carbocycles. The number of esters is 1. The van der Waals surface area contributed by atoms with Gasteiger partial charge in [-0.25, -0.2) is 8.78 Å². The van der Waals surface area contributed by atoms with E-state index in [4.69, 9.17) is 5.73 Å². The minimum absolute atomic E-state index is 0. The molecule has 3 nitrogen and oxygen atoms in total. The number of carbonyl (C=O) groups is 1. The predicted octanol–water partition coefficient (Wildman–Crippen LogP) is 2.34. The van der Waals surface area contributed by atoms with Crippen LogP contribution in [0.25, 0.3) is 0 Å². The summed E-state index contributed by atoms with van der Waals surface area (Å²) < 4.78 is 30.4. The third-order valence-electron chi connectivity index (χ3n) is 2.00. The molecule has 0 aliphatic carbocycles. The topological polar surface area (TPSA) is 52.3 Å². The van der Waals surface area contributed by atoms with Gasteiger partial charge in [-0.15, -0.1) is 12.4 Å². The van der Waals surface area contributed by atoms with Gasteiger partial charge in [-0.3, -0.25) is 4.79 Å². The van der Waals surface area contributed by atoms with E-state index < -0.39 is 23.6 Å². The third kappa shape index (κ3) is 5.10. The molecule has 0 bridgehead atoms. The molecule has 1 rings (SSSR count). The monoisotopic (exact) mass is 265 g/mol. The number of rotatable bonds is 4. The van der Waals surface area contributed by atoms with Gasteiger partial charge in [0.25, 0.3) is 0 Å². The fourth-order valence-electron chi connectivity index (χ4n) is 1.31. The molecule has 2 N–H and O–H groups in total. The van der Waals surface area contributed by atoms with Crippen LogP contribution in [0.15, 0.2) is 18.2 Å². The summed E-state index contributed by atoms with van der Waals surface area (Å²) in [5.74, 6) is -1.91. The van der Waals surface area contributed by atoms with E-state index in [2.05, 4.69) is 4.74 Å². The maximum Gasteiger partial charge on any atom is 0.307 e. The van der Waals surface area contributed by atoms with Crippen molar-refractivity contribution in [2.75, 3.05) is 6.61 Å². The Morgan fingerprint density at radius 3 is 2.35 bits per heavy atom. The highest BCUT2D eigenvalue weighted by atomic mass is 35.5. The fourth-order valence-corrected chi connectivity index (χ4v) is 1.31. The Hall–Kier alpha value is -1.20. The van der Waals surface area contributed by atoms with E-state index in [9.17, 15) is 13.6 Å². The van der Waals surface area contributed by atoms with Crippen molar-refractivity contribution in [3.63, 3.8) is 0 Å². The van der Waals surface area contributed by atoms with Crippen LogP contribution in [-0.2, 0) is 9.53 Å². The van der Waals surface area contributed by atoms with E-state index in [1.807, 2.05) is 0 Å². The molecule has 0 aromatic heterocycles. The molecular formula is C11H14ClF2NO2. The Balaban J connectivity index is 0.00000256. The van der Waals surface area contributed by atoms with Crippen molar-refractivity contribution >= 4 is 18.4 Å². The average molecular weight is 266 g/mol. The smallest absolute Gasteiger partial charge is 0.307 e. The minimum atomic E-state index is -0.760. The Morgan fingerprint density at radius 2 is 1.88 bits per heavy atom. The van der Waals surface area contributed by atoms with Crippen LogP contribution in [-0.4, -0.2) is 12.6 Å². The second kappa shape index (κ2) is 7.19. The Kier molecular flexibility index (Phi) is 6.68. The molecule has 96 valence electrons. The van der Waals surface area contributed by atoms with Gasteiger partial charge in [0, 0.05) is 12.1 Å². The molecule has 0 saturated heterocycles. The van der Waals surface area contributed by atoms with Gasteiger partial charge in [0.15, 0.2) is 0 Å². The highest BCUT2D eigenvalue weighted by molar-refractivity contribution is 5.85. The molecule has 6 heteroatoms. The van der Waals surface area contributed by atoms with Crippen molar-refractivity contribution in [3.8, 4) is 0 Å². The first-order valence-electron chi connectivity index (χ1n) is 4.90. The molecule has 0 spiro atoms. The summed E-state index contributed by atoms with van der Waals surface area (Å²) in [6.07, 6.45) is -0.100. The van der Waals surface area contributed by atoms with E-state index in [0.717, 1.165) is 18.2 Å². The number of nitrogens with two attached hydrogens (primary N) is 1. The number of hydrogen-bond donors (Lipinski definition) is 1. The molecule has 17 heavy (non-hydrogen) atoms. The van der Waals surface area contributed by atoms with Gasteiger partial charge in [0.1, 0.15) is 11.6 Å². The second-order valence-electron chi connectivity index (χ2n) is 3.32. The Bertz CT molecular complexity index is 367. The SMILES string of the molecule is CCOC(=O)CC(N)c1cc(F)cc(F)c1.Cl. The third-order valence-corrected chi connectivity index (χ3v) is 2.00. The molecule has 0 saturated carbocycles. The maximum absolute atomic E-state index is 12.9. The van der Waals surface area contributed by atoms with Gasteiger partial charge in [0.2, 0.25) is 0 Å². The zero-order chi connectivity index (χ0) is 12.1. The molecular weight excluding hydrogens is 252 g/mol. The number of halogens is 3. The van der Waals surface area contributed by atoms with Gasteiger partial charge in [-0.2, -0.15) is 0 Å². The lowest BCUT2D eigenvalue weighted by Gasteiger charge is -2.11. The van der Waals surface area contributed by atoms with Crippen LogP contribution < -0.4 is 5.73 Å². The van der Waals surface area contributed by atoms with Crippen LogP contribution in [0.2, 0.25) is 0 Å². The quantitative estimate of drug-likeness (QED) is 0.850. The second-order valence-corrected chi connectivity index (χ2v) is 3.32. The molecule has 1 aromatic rings. The predicted molar refractivity (Wildman–Crippen MR) is 61.8 cm³/mol. The first-order valence-corrected chi connectivity index (χ1v) is 4.90. The van der Waals surface area contributed by atoms with E-state index >= 15 is 0 Å². The van der Waals surface area contributed by atoms with Crippen LogP contribution in [0, 0.1) is 11.6 Å². The molecule has 0 heterocycles. The van der Waals surface area contributed by atoms with Gasteiger partial charge in [-0.05, 0) is 24.6 Å². The van der Waals surface area contributed by atoms with E-state index in [1.54, 1.807) is 6.92 Å². The summed E-state index contributed by atoms with van der Waals surface area (Å²) in [5, 5.41) is 0. The molecule has 0 radical (unpaired) electrons. The average Bonchev–Trinajstić information content (AvgIpc) is 2.16. The fraction of sp³-hybridized carbons (Fsp3) is 0.364. The number of ether oxygens (including phenoxy) is 1. The van der Waals surface area contributed by atoms with Crippen LogP contribution in [0.3, 0.4) is 0 Å². The molecule has 1 atom stereocenters. The van der Waals surface area contributed by atoms with Crippen molar-refractivity contribution in [2.24, 2.45) is 5.73 Å². The lowest BCUT2D eigenvalue weighted by Crippen LogP contribution is -2.17. The van der Waals surface area contributed by atoms with E-state index in [1.165, 1.54) is 0 Å². The van der Waals surface area contributed by atoms with Gasteiger partial charge in [-0.1, -0.05) is 0 Å². The van der Waals surface area contributed by atoms with Crippen molar-refractivity contribution in [1.29, 1.82) is 0 Å². The largest absolute Gasteiger partial charge is 0.466 e. The molecule has 0 aliphatic heterocycles. The summed E-state index contributed by atoms with van der Waals surface area (Å²) in [7, 11) is 0. The van der Waals surface area contributed by atoms with Crippen molar-refractivity contribution in [2.45, 2.75) is 19.4 Å². The Morgan fingerprint density at radius 1 is 1.35 bits per heavy atom. The number of benzene rings is 1. The zero-order valence-electron chi connectivity index (χ0n) is 9.28. The minimum Gasteiger partial charge on any atom is -0.466 e. The van der Waals surface area contributed by atoms with Gasteiger partial charge >= 0.3 is 5.97 Å². The lowest BCUT2D eigenvalue weighted by molar-refractivity contribution is -0.143. The lowest BCUT2D eigenvalue weighted by atomic mass is 10.0. The standard InChI is InChI=1S/C11H13F2NO2.ClH/c1-2-16-11(15)6-10(14)7-3-8(12)5-9(13)4-7;/h3-5,10H,2,6,14H2,1H3;1H. The summed E-state index contributed by atoms with van der Waals surface area (Å²) >= 11 is 0. The molecule has 0 aliphatic rings. The summed E-state index contributed by atoms with van der Waals surface area (Å²) in [5.41, 5.74) is 5.87. The maximum atomic E-state index is 12.9. The van der Waals surface area contributed by atoms with Crippen LogP contribution in [0.1, 0.15) is 24.9 Å². The summed E-state index contributed by atoms with van der Waals surface area (Å²) in [6.45, 7) is 1.92. The van der Waals surface area contributed by atoms with Crippen molar-refractivity contribution < 1.29 is 18.3 Å². The van der Waals surface area contributed by atoms with Crippen LogP contribution in [0.5, 0.6) is 0 Å². The first kappa shape index (κ1) is 15.8. The molecule has 0 amide bonds. The van der Waals surface area contributed by atoms with Gasteiger partial charge in [0.05, 0.1) is 13.0 Å². The normalized spacial score (nSPS) is 11.5. The van der Waals surface area contributed by atoms with Gasteiger partial charge < -0.3 is 10.5 Å². The highest BCUT2D eigenvalue weighted by Crippen LogP contribution is 2.17. The number of hydrogen-bond acceptors (Lipinski definition) is 3. The Labute approximate surface area is 104 Å². The molecule has 0 fully saturated rings. The first-order chi connectivity index (χ1) is 7.52. The summed E-state index contributed by atoms with van der Waals surface area (Å²) in [6, 6.07) is 2.20. The summed E-state index contributed by atoms with van der Waals surface area (Å²) in [4.78, 5) is 11.1. The van der Waals surface area contributed by atoms with Crippen molar-refractivity contribution in [3.05, 3.63) is 35.4 Å². The number of carbonyl (C=O) groups excluding carboxylic acids is 1. The van der Waals surface area contributed by atoms with E-state index in [-0.39, 0.29) is 31.0 Å².